The predicted octanol–water partition coefficient (Wildman–Crippen LogP) is 3.65. The van der Waals surface area contributed by atoms with Crippen molar-refractivity contribution in [1.29, 1.82) is 0 Å². The van der Waals surface area contributed by atoms with Crippen LogP contribution in [-0.2, 0) is 6.54 Å². The van der Waals surface area contributed by atoms with Crippen molar-refractivity contribution in [3.63, 3.8) is 0 Å². The van der Waals surface area contributed by atoms with Crippen LogP contribution in [0.2, 0.25) is 0 Å². The number of nitrogens with zero attached hydrogens (tertiary/aromatic N) is 1. The summed E-state index contributed by atoms with van der Waals surface area (Å²) in [6.07, 6.45) is 5.45. The maximum atomic E-state index is 3.55. The number of hydrogen-bond donors (Lipinski definition) is 1. The molecule has 1 aromatic carbocycles. The molecule has 0 bridgehead atoms. The summed E-state index contributed by atoms with van der Waals surface area (Å²) in [6, 6.07) is 9.56. The fourth-order valence-electron chi connectivity index (χ4n) is 2.73. The lowest BCUT2D eigenvalue weighted by molar-refractivity contribution is 0.159. The molecule has 0 aliphatic carbocycles. The Morgan fingerprint density at radius 3 is 2.79 bits per heavy atom. The molecule has 0 amide bonds. The molecule has 1 aliphatic heterocycles. The molecule has 0 spiro atoms. The van der Waals surface area contributed by atoms with Gasteiger partial charge in [0.2, 0.25) is 0 Å². The Balaban J connectivity index is 1.58. The molecule has 1 atom stereocenters. The van der Waals surface area contributed by atoms with Crippen LogP contribution in [0.3, 0.4) is 0 Å². The molecule has 1 aromatic rings. The Kier molecular flexibility index (Phi) is 6.61. The maximum Gasteiger partial charge on any atom is 0.0205 e. The Hall–Kier alpha value is -0.130. The number of likely N-dealkylation sites (tertiary alicyclic amines) is 1. The third-order valence-electron chi connectivity index (χ3n) is 3.98. The zero-order valence-electron chi connectivity index (χ0n) is 11.9. The van der Waals surface area contributed by atoms with Crippen LogP contribution >= 0.6 is 22.6 Å². The van der Waals surface area contributed by atoms with Crippen molar-refractivity contribution in [2.75, 3.05) is 19.6 Å². The smallest absolute Gasteiger partial charge is 0.0205 e. The van der Waals surface area contributed by atoms with Crippen molar-refractivity contribution in [1.82, 2.24) is 10.2 Å². The molecule has 0 radical (unpaired) electrons. The molecule has 3 heteroatoms. The minimum absolute atomic E-state index is 0.796. The Bertz CT molecular complexity index is 364. The van der Waals surface area contributed by atoms with Crippen LogP contribution in [0.5, 0.6) is 0 Å². The normalized spacial score (nSPS) is 20.6. The van der Waals surface area contributed by atoms with E-state index in [4.69, 9.17) is 0 Å². The van der Waals surface area contributed by atoms with Crippen molar-refractivity contribution < 1.29 is 0 Å². The molecule has 106 valence electrons. The number of rotatable bonds is 6. The van der Waals surface area contributed by atoms with Gasteiger partial charge in [-0.2, -0.15) is 0 Å². The quantitative estimate of drug-likeness (QED) is 0.606. The van der Waals surface area contributed by atoms with Crippen molar-refractivity contribution in [3.8, 4) is 0 Å². The van der Waals surface area contributed by atoms with Gasteiger partial charge in [0.05, 0.1) is 0 Å². The first-order chi connectivity index (χ1) is 9.25. The molecule has 1 N–H and O–H groups in total. The van der Waals surface area contributed by atoms with E-state index in [2.05, 4.69) is 64.0 Å². The summed E-state index contributed by atoms with van der Waals surface area (Å²) in [5, 5.41) is 3.55. The second-order valence-electron chi connectivity index (χ2n) is 5.54. The van der Waals surface area contributed by atoms with Crippen LogP contribution < -0.4 is 5.32 Å². The summed E-state index contributed by atoms with van der Waals surface area (Å²) in [4.78, 5) is 2.65. The SMILES string of the molecule is CC1CCCCN1CCCNCc1ccc(I)cc1. The molecule has 0 aromatic heterocycles. The number of piperidine rings is 1. The van der Waals surface area contributed by atoms with Gasteiger partial charge in [0.15, 0.2) is 0 Å². The van der Waals surface area contributed by atoms with Gasteiger partial charge < -0.3 is 10.2 Å². The highest BCUT2D eigenvalue weighted by molar-refractivity contribution is 14.1. The zero-order valence-corrected chi connectivity index (χ0v) is 14.0. The largest absolute Gasteiger partial charge is 0.313 e. The monoisotopic (exact) mass is 372 g/mol. The van der Waals surface area contributed by atoms with E-state index in [9.17, 15) is 0 Å². The van der Waals surface area contributed by atoms with Crippen LogP contribution in [0.4, 0.5) is 0 Å². The second-order valence-corrected chi connectivity index (χ2v) is 6.78. The van der Waals surface area contributed by atoms with Gasteiger partial charge in [0.1, 0.15) is 0 Å². The third-order valence-corrected chi connectivity index (χ3v) is 4.70. The Morgan fingerprint density at radius 1 is 1.26 bits per heavy atom. The molecule has 1 heterocycles. The minimum atomic E-state index is 0.796. The van der Waals surface area contributed by atoms with Crippen LogP contribution in [0.1, 0.15) is 38.2 Å². The van der Waals surface area contributed by atoms with E-state index in [1.165, 1.54) is 47.9 Å². The fraction of sp³-hybridized carbons (Fsp3) is 0.625. The van der Waals surface area contributed by atoms with E-state index in [1.54, 1.807) is 0 Å². The Morgan fingerprint density at radius 2 is 2.05 bits per heavy atom. The van der Waals surface area contributed by atoms with Gasteiger partial charge >= 0.3 is 0 Å². The third kappa shape index (κ3) is 5.40. The first kappa shape index (κ1) is 15.3. The first-order valence-electron chi connectivity index (χ1n) is 7.45. The van der Waals surface area contributed by atoms with Crippen LogP contribution in [-0.4, -0.2) is 30.6 Å². The molecule has 1 saturated heterocycles. The topological polar surface area (TPSA) is 15.3 Å². The number of hydrogen-bond acceptors (Lipinski definition) is 2. The summed E-state index contributed by atoms with van der Waals surface area (Å²) >= 11 is 2.35. The Labute approximate surface area is 131 Å². The molecule has 1 fully saturated rings. The molecule has 2 rings (SSSR count). The summed E-state index contributed by atoms with van der Waals surface area (Å²) in [5.74, 6) is 0. The lowest BCUT2D eigenvalue weighted by Gasteiger charge is -2.33. The van der Waals surface area contributed by atoms with Gasteiger partial charge in [-0.1, -0.05) is 18.6 Å². The van der Waals surface area contributed by atoms with Gasteiger partial charge in [0.25, 0.3) is 0 Å². The average molecular weight is 372 g/mol. The van der Waals surface area contributed by atoms with Crippen molar-refractivity contribution in [3.05, 3.63) is 33.4 Å². The van der Waals surface area contributed by atoms with Gasteiger partial charge in [0, 0.05) is 16.2 Å². The number of benzene rings is 1. The average Bonchev–Trinajstić information content (AvgIpc) is 2.42. The van der Waals surface area contributed by atoms with Gasteiger partial charge in [-0.25, -0.2) is 0 Å². The van der Waals surface area contributed by atoms with Gasteiger partial charge in [-0.15, -0.1) is 0 Å². The zero-order chi connectivity index (χ0) is 13.5. The van der Waals surface area contributed by atoms with E-state index in [-0.39, 0.29) is 0 Å². The lowest BCUT2D eigenvalue weighted by atomic mass is 10.0. The van der Waals surface area contributed by atoms with Gasteiger partial charge in [-0.05, 0) is 86.1 Å². The minimum Gasteiger partial charge on any atom is -0.313 e. The van der Waals surface area contributed by atoms with E-state index in [0.717, 1.165) is 19.1 Å². The second kappa shape index (κ2) is 8.22. The highest BCUT2D eigenvalue weighted by atomic mass is 127. The lowest BCUT2D eigenvalue weighted by Crippen LogP contribution is -2.38. The van der Waals surface area contributed by atoms with Crippen molar-refractivity contribution >= 4 is 22.6 Å². The van der Waals surface area contributed by atoms with Crippen LogP contribution in [0, 0.1) is 3.57 Å². The molecule has 1 aliphatic rings. The van der Waals surface area contributed by atoms with E-state index >= 15 is 0 Å². The molecule has 2 nitrogen and oxygen atoms in total. The number of halogens is 1. The fourth-order valence-corrected chi connectivity index (χ4v) is 3.09. The first-order valence-corrected chi connectivity index (χ1v) is 8.53. The summed E-state index contributed by atoms with van der Waals surface area (Å²) in [6.45, 7) is 7.04. The van der Waals surface area contributed by atoms with E-state index in [0.29, 0.717) is 0 Å². The molecule has 19 heavy (non-hydrogen) atoms. The maximum absolute atomic E-state index is 3.55. The van der Waals surface area contributed by atoms with Gasteiger partial charge in [-0.3, -0.25) is 0 Å². The van der Waals surface area contributed by atoms with Crippen molar-refractivity contribution in [2.24, 2.45) is 0 Å². The number of nitrogens with one attached hydrogen (secondary N) is 1. The summed E-state index contributed by atoms with van der Waals surface area (Å²) < 4.78 is 1.31. The summed E-state index contributed by atoms with van der Waals surface area (Å²) in [7, 11) is 0. The summed E-state index contributed by atoms with van der Waals surface area (Å²) in [5.41, 5.74) is 1.38. The van der Waals surface area contributed by atoms with Crippen LogP contribution in [0.25, 0.3) is 0 Å². The van der Waals surface area contributed by atoms with E-state index in [1.807, 2.05) is 0 Å². The highest BCUT2D eigenvalue weighted by Gasteiger charge is 2.16. The van der Waals surface area contributed by atoms with E-state index < -0.39 is 0 Å². The molecular formula is C16H25IN2. The van der Waals surface area contributed by atoms with Crippen LogP contribution in [0.15, 0.2) is 24.3 Å². The predicted molar refractivity (Wildman–Crippen MR) is 90.4 cm³/mol. The molecule has 1 unspecified atom stereocenters. The standard InChI is InChI=1S/C16H25IN2/c1-14-5-2-3-11-19(14)12-4-10-18-13-15-6-8-16(17)9-7-15/h6-9,14,18H,2-5,10-13H2,1H3. The molecule has 0 saturated carbocycles. The molecular weight excluding hydrogens is 347 g/mol. The van der Waals surface area contributed by atoms with Crippen molar-refractivity contribution in [2.45, 2.75) is 45.2 Å². The highest BCUT2D eigenvalue weighted by Crippen LogP contribution is 2.16.